The van der Waals surface area contributed by atoms with Crippen LogP contribution in [0.15, 0.2) is 442 Å². The number of rotatable bonds is 6. The lowest BCUT2D eigenvalue weighted by Gasteiger charge is -2.34. The van der Waals surface area contributed by atoms with Gasteiger partial charge in [0.15, 0.2) is 0 Å². The summed E-state index contributed by atoms with van der Waals surface area (Å²) in [6.07, 6.45) is 0. The fourth-order valence-electron chi connectivity index (χ4n) is 23.4. The lowest BCUT2D eigenvalue weighted by atomic mass is 9.67. The summed E-state index contributed by atoms with van der Waals surface area (Å²) in [4.78, 5) is 0. The zero-order valence-electron chi connectivity index (χ0n) is 68.0. The van der Waals surface area contributed by atoms with E-state index in [0.29, 0.717) is 0 Å². The molecule has 3 aliphatic rings. The lowest BCUT2D eigenvalue weighted by Crippen LogP contribution is -2.28. The molecule has 126 heavy (non-hydrogen) atoms. The Morgan fingerprint density at radius 3 is 0.960 bits per heavy atom. The second-order valence-corrected chi connectivity index (χ2v) is 34.3. The third kappa shape index (κ3) is 9.25. The van der Waals surface area contributed by atoms with Gasteiger partial charge in [0.05, 0.1) is 10.8 Å². The van der Waals surface area contributed by atoms with Gasteiger partial charge in [0, 0.05) is 65.3 Å². The van der Waals surface area contributed by atoms with Crippen molar-refractivity contribution >= 4 is 152 Å². The summed E-state index contributed by atoms with van der Waals surface area (Å²) >= 11 is 0. The molecule has 0 unspecified atom stereocenters. The SMILES string of the molecule is c1ccc(C2(c3ccccc3)c3cc(-c4c5ccccc5c(-c5ccc6ccccc6c5)c5ccccc45)c4c(oc5ccccc54)c3-c3c2ccc2oc4ccccc4c32)cc1.c1ccc2c(c1)-c1ccccc1C21c2ccc3c(oc4ccccc43)c2-c2c1cc(-c1c3ccccc3c(-c3ccc4ccccc4c3)c3ccccc13)c1c2oc2ccccc21. The first-order chi connectivity index (χ1) is 62.5. The van der Waals surface area contributed by atoms with Crippen molar-refractivity contribution in [2.45, 2.75) is 10.8 Å². The van der Waals surface area contributed by atoms with Gasteiger partial charge in [0.25, 0.3) is 0 Å². The highest BCUT2D eigenvalue weighted by Crippen LogP contribution is 2.68. The summed E-state index contributed by atoms with van der Waals surface area (Å²) in [5.74, 6) is 0. The maximum atomic E-state index is 7.34. The normalized spacial score (nSPS) is 13.4. The van der Waals surface area contributed by atoms with Crippen LogP contribution in [0.4, 0.5) is 0 Å². The van der Waals surface area contributed by atoms with Crippen molar-refractivity contribution in [1.29, 1.82) is 0 Å². The molecule has 26 aromatic rings. The summed E-state index contributed by atoms with van der Waals surface area (Å²) in [5.41, 5.74) is 32.2. The Balaban J connectivity index is 0.000000128. The summed E-state index contributed by atoms with van der Waals surface area (Å²) in [6, 6.07) is 156. The van der Waals surface area contributed by atoms with Crippen LogP contribution in [0.5, 0.6) is 0 Å². The minimum absolute atomic E-state index is 0.635. The van der Waals surface area contributed by atoms with Gasteiger partial charge in [-0.05, 0) is 219 Å². The van der Waals surface area contributed by atoms with Crippen molar-refractivity contribution in [1.82, 2.24) is 0 Å². The number of hydrogen-bond donors (Lipinski definition) is 0. The molecule has 582 valence electrons. The summed E-state index contributed by atoms with van der Waals surface area (Å²) in [5, 5.41) is 23.5. The van der Waals surface area contributed by atoms with Gasteiger partial charge in [-0.2, -0.15) is 0 Å². The third-order valence-corrected chi connectivity index (χ3v) is 28.4. The molecule has 0 N–H and O–H groups in total. The van der Waals surface area contributed by atoms with Crippen LogP contribution in [-0.2, 0) is 10.8 Å². The molecule has 0 saturated carbocycles. The van der Waals surface area contributed by atoms with Crippen LogP contribution in [0.1, 0.15) is 44.5 Å². The number of furan rings is 4. The zero-order chi connectivity index (χ0) is 82.2. The molecule has 0 bridgehead atoms. The highest BCUT2D eigenvalue weighted by molar-refractivity contribution is 6.32. The lowest BCUT2D eigenvalue weighted by molar-refractivity contribution is 0.665. The third-order valence-electron chi connectivity index (χ3n) is 28.4. The van der Waals surface area contributed by atoms with E-state index in [1.54, 1.807) is 0 Å². The molecule has 0 atom stereocenters. The maximum absolute atomic E-state index is 7.34. The van der Waals surface area contributed by atoms with Crippen LogP contribution < -0.4 is 0 Å². The van der Waals surface area contributed by atoms with E-state index in [1.165, 1.54) is 159 Å². The molecule has 22 aromatic carbocycles. The molecule has 0 radical (unpaired) electrons. The first-order valence-corrected chi connectivity index (χ1v) is 43.6. The molecular weight excluding hydrogens is 1530 g/mol. The number of hydrogen-bond acceptors (Lipinski definition) is 4. The van der Waals surface area contributed by atoms with Gasteiger partial charge in [-0.1, -0.05) is 370 Å². The molecule has 4 nitrogen and oxygen atoms in total. The molecule has 29 rings (SSSR count). The van der Waals surface area contributed by atoms with Crippen LogP contribution in [0.2, 0.25) is 0 Å². The number of benzene rings is 22. The largest absolute Gasteiger partial charge is 0.456 e. The standard InChI is InChI=1S/C61H34O2.C61H36O2/c1-2-16-36-33-37(30-29-35(36)15-1)54-41-20-3-5-22-43(41)55(44-23-6-4-21-42(44)54)47-34-51-58(60-56(47)46-24-10-14-28-53(46)63-60)57-50(32-31-45-40-19-9-13-27-52(40)62-59(45)57)61(51)48-25-11-7-17-38(48)39-18-8-12-26-49(39)61;1-3-19-40(20-4-1)61(41-21-5-2-6-22-41)49-33-34-53-57(47-28-14-15-29-51(47)62-53)58(49)59-50(61)36-48(56-46-27-13-16-30-52(46)63-60(56)59)55-44-25-11-9-23-42(44)54(43-24-10-12-26-45(43)55)39-32-31-37-17-7-8-18-38(37)35-39/h1-34H;1-36H. The van der Waals surface area contributed by atoms with E-state index < -0.39 is 10.8 Å². The van der Waals surface area contributed by atoms with E-state index in [0.717, 1.165) is 116 Å². The minimum Gasteiger partial charge on any atom is -0.456 e. The average molecular weight is 1600 g/mol. The zero-order valence-corrected chi connectivity index (χ0v) is 68.0. The average Bonchev–Trinajstić information content (AvgIpc) is 1.49. The monoisotopic (exact) mass is 1600 g/mol. The van der Waals surface area contributed by atoms with Gasteiger partial charge in [-0.25, -0.2) is 0 Å². The molecule has 0 amide bonds. The fourth-order valence-corrected chi connectivity index (χ4v) is 23.4. The van der Waals surface area contributed by atoms with Gasteiger partial charge in [-0.3, -0.25) is 0 Å². The smallest absolute Gasteiger partial charge is 0.144 e. The Hall–Kier alpha value is -16.4. The first kappa shape index (κ1) is 69.3. The van der Waals surface area contributed by atoms with Crippen molar-refractivity contribution in [2.75, 3.05) is 0 Å². The van der Waals surface area contributed by atoms with E-state index in [2.05, 4.69) is 425 Å². The van der Waals surface area contributed by atoms with Crippen molar-refractivity contribution < 1.29 is 17.7 Å². The van der Waals surface area contributed by atoms with Crippen molar-refractivity contribution in [3.05, 3.63) is 469 Å². The quantitative estimate of drug-likeness (QED) is 0.156. The Morgan fingerprint density at radius 1 is 0.151 bits per heavy atom. The molecule has 1 spiro atoms. The molecule has 0 fully saturated rings. The van der Waals surface area contributed by atoms with E-state index in [-0.39, 0.29) is 0 Å². The van der Waals surface area contributed by atoms with E-state index >= 15 is 0 Å². The highest BCUT2D eigenvalue weighted by atomic mass is 16.3. The van der Waals surface area contributed by atoms with Gasteiger partial charge in [-0.15, -0.1) is 0 Å². The predicted molar refractivity (Wildman–Crippen MR) is 522 cm³/mol. The molecule has 3 aliphatic carbocycles. The van der Waals surface area contributed by atoms with Gasteiger partial charge < -0.3 is 17.7 Å². The molecular formula is C122H70O4. The van der Waals surface area contributed by atoms with Crippen molar-refractivity contribution in [3.8, 4) is 77.9 Å². The van der Waals surface area contributed by atoms with Gasteiger partial charge in [0.1, 0.15) is 44.7 Å². The van der Waals surface area contributed by atoms with Crippen LogP contribution in [0, 0.1) is 0 Å². The fraction of sp³-hybridized carbons (Fsp3) is 0.0164. The van der Waals surface area contributed by atoms with E-state index in [4.69, 9.17) is 17.7 Å². The molecule has 4 aromatic heterocycles. The first-order valence-electron chi connectivity index (χ1n) is 43.6. The maximum Gasteiger partial charge on any atom is 0.144 e. The molecule has 0 aliphatic heterocycles. The van der Waals surface area contributed by atoms with Crippen LogP contribution in [0.25, 0.3) is 230 Å². The Bertz CT molecular complexity index is 9040. The van der Waals surface area contributed by atoms with Crippen LogP contribution >= 0.6 is 0 Å². The molecule has 4 heterocycles. The predicted octanol–water partition coefficient (Wildman–Crippen LogP) is 33.3. The molecule has 0 saturated heterocycles. The minimum atomic E-state index is -0.696. The van der Waals surface area contributed by atoms with Crippen molar-refractivity contribution in [3.63, 3.8) is 0 Å². The number of fused-ring (bicyclic) bond motifs is 35. The van der Waals surface area contributed by atoms with Crippen molar-refractivity contribution in [2.24, 2.45) is 0 Å². The van der Waals surface area contributed by atoms with E-state index in [9.17, 15) is 0 Å². The Kier molecular flexibility index (Phi) is 14.3. The van der Waals surface area contributed by atoms with Crippen LogP contribution in [0.3, 0.4) is 0 Å². The topological polar surface area (TPSA) is 52.6 Å². The Labute approximate surface area is 722 Å². The second kappa shape index (κ2) is 26.1. The summed E-state index contributed by atoms with van der Waals surface area (Å²) in [7, 11) is 0. The Morgan fingerprint density at radius 2 is 0.484 bits per heavy atom. The second-order valence-electron chi connectivity index (χ2n) is 34.3. The summed E-state index contributed by atoms with van der Waals surface area (Å²) < 4.78 is 28.4. The molecule has 4 heteroatoms. The van der Waals surface area contributed by atoms with Crippen LogP contribution in [-0.4, -0.2) is 0 Å². The number of para-hydroxylation sites is 4. The summed E-state index contributed by atoms with van der Waals surface area (Å²) in [6.45, 7) is 0. The van der Waals surface area contributed by atoms with E-state index in [1.807, 2.05) is 0 Å². The van der Waals surface area contributed by atoms with Gasteiger partial charge >= 0.3 is 0 Å². The van der Waals surface area contributed by atoms with Gasteiger partial charge in [0.2, 0.25) is 0 Å². The highest BCUT2D eigenvalue weighted by Gasteiger charge is 2.55.